The molecule has 4 aromatic rings. The maximum Gasteiger partial charge on any atom is 0.262 e. The quantitative estimate of drug-likeness (QED) is 0.471. The fourth-order valence-corrected chi connectivity index (χ4v) is 3.09. The molecule has 0 bridgehead atoms. The van der Waals surface area contributed by atoms with Gasteiger partial charge in [-0.3, -0.25) is 4.79 Å². The zero-order valence-electron chi connectivity index (χ0n) is 17.0. The number of hydrogen-bond donors (Lipinski definition) is 2. The van der Waals surface area contributed by atoms with E-state index in [1.807, 2.05) is 18.2 Å². The Hall–Kier alpha value is -4.32. The number of carbonyl (C=O) groups is 1. The first-order valence-electron chi connectivity index (χ1n) is 9.71. The standard InChI is InChI=1S/C23H18F2N6O/c1-23(24,25)14-27-21(32)16-7-4-6-15(11-16)18-9-10-20-29-22(30-31(20)13-18)28-19-8-3-2-5-17(19)12-26/h2-11,13H,14H2,1H3,(H,27,32)(H,28,30). The van der Waals surface area contributed by atoms with Crippen molar-refractivity contribution >= 4 is 23.2 Å². The summed E-state index contributed by atoms with van der Waals surface area (Å²) in [5.74, 6) is -3.22. The predicted molar refractivity (Wildman–Crippen MR) is 116 cm³/mol. The van der Waals surface area contributed by atoms with E-state index < -0.39 is 18.4 Å². The van der Waals surface area contributed by atoms with Gasteiger partial charge in [-0.05, 0) is 42.0 Å². The number of benzene rings is 2. The van der Waals surface area contributed by atoms with Gasteiger partial charge in [0, 0.05) is 24.2 Å². The lowest BCUT2D eigenvalue weighted by Crippen LogP contribution is -2.34. The second kappa shape index (κ2) is 8.43. The van der Waals surface area contributed by atoms with E-state index >= 15 is 0 Å². The topological polar surface area (TPSA) is 95.1 Å². The molecule has 2 aromatic carbocycles. The van der Waals surface area contributed by atoms with Crippen LogP contribution in [0.25, 0.3) is 16.8 Å². The molecule has 2 N–H and O–H groups in total. The number of alkyl halides is 2. The molecular formula is C23H18F2N6O. The number of fused-ring (bicyclic) bond motifs is 1. The monoisotopic (exact) mass is 432 g/mol. The maximum atomic E-state index is 13.0. The van der Waals surface area contributed by atoms with Crippen LogP contribution < -0.4 is 10.6 Å². The number of carbonyl (C=O) groups excluding carboxylic acids is 1. The Morgan fingerprint density at radius 1 is 1.12 bits per heavy atom. The number of anilines is 2. The van der Waals surface area contributed by atoms with Gasteiger partial charge < -0.3 is 10.6 Å². The summed E-state index contributed by atoms with van der Waals surface area (Å²) in [6.45, 7) is 0.0186. The van der Waals surface area contributed by atoms with E-state index in [0.29, 0.717) is 22.8 Å². The highest BCUT2D eigenvalue weighted by atomic mass is 19.3. The van der Waals surface area contributed by atoms with E-state index in [4.69, 9.17) is 0 Å². The van der Waals surface area contributed by atoms with Crippen LogP contribution in [-0.2, 0) is 0 Å². The third-order valence-electron chi connectivity index (χ3n) is 4.64. The number of aromatic nitrogens is 3. The molecule has 0 aliphatic rings. The van der Waals surface area contributed by atoms with E-state index in [2.05, 4.69) is 26.8 Å². The van der Waals surface area contributed by atoms with Gasteiger partial charge in [-0.2, -0.15) is 10.2 Å². The molecule has 0 unspecified atom stereocenters. The van der Waals surface area contributed by atoms with Crippen molar-refractivity contribution in [3.8, 4) is 17.2 Å². The van der Waals surface area contributed by atoms with Crippen molar-refractivity contribution in [1.29, 1.82) is 5.26 Å². The molecule has 0 aliphatic carbocycles. The summed E-state index contributed by atoms with van der Waals surface area (Å²) in [4.78, 5) is 16.6. The molecule has 2 heterocycles. The van der Waals surface area contributed by atoms with Gasteiger partial charge in [-0.1, -0.05) is 24.3 Å². The lowest BCUT2D eigenvalue weighted by molar-refractivity contribution is 0.0221. The molecule has 2 aromatic heterocycles. The van der Waals surface area contributed by atoms with Crippen LogP contribution >= 0.6 is 0 Å². The van der Waals surface area contributed by atoms with Gasteiger partial charge in [-0.25, -0.2) is 13.3 Å². The lowest BCUT2D eigenvalue weighted by Gasteiger charge is -2.12. The van der Waals surface area contributed by atoms with Crippen LogP contribution in [0.4, 0.5) is 20.4 Å². The Kier molecular flexibility index (Phi) is 5.52. The van der Waals surface area contributed by atoms with Crippen LogP contribution in [0.2, 0.25) is 0 Å². The molecule has 0 saturated carbocycles. The summed E-state index contributed by atoms with van der Waals surface area (Å²) in [7, 11) is 0. The Labute approximate surface area is 182 Å². The van der Waals surface area contributed by atoms with Crippen molar-refractivity contribution in [3.63, 3.8) is 0 Å². The van der Waals surface area contributed by atoms with Gasteiger partial charge in [0.15, 0.2) is 5.65 Å². The number of amides is 1. The molecule has 1 amide bonds. The molecule has 9 heteroatoms. The van der Waals surface area contributed by atoms with Crippen LogP contribution in [0.3, 0.4) is 0 Å². The highest BCUT2D eigenvalue weighted by Gasteiger charge is 2.22. The largest absolute Gasteiger partial charge is 0.346 e. The number of nitrogens with zero attached hydrogens (tertiary/aromatic N) is 4. The third-order valence-corrected chi connectivity index (χ3v) is 4.64. The van der Waals surface area contributed by atoms with Crippen molar-refractivity contribution < 1.29 is 13.6 Å². The predicted octanol–water partition coefficient (Wildman–Crippen LogP) is 4.40. The van der Waals surface area contributed by atoms with Gasteiger partial charge >= 0.3 is 0 Å². The summed E-state index contributed by atoms with van der Waals surface area (Å²) in [6, 6.07) is 19.4. The van der Waals surface area contributed by atoms with Crippen LogP contribution in [0.5, 0.6) is 0 Å². The summed E-state index contributed by atoms with van der Waals surface area (Å²) in [5.41, 5.74) is 3.43. The van der Waals surface area contributed by atoms with E-state index in [1.165, 1.54) is 0 Å². The number of para-hydroxylation sites is 1. The normalized spacial score (nSPS) is 11.2. The van der Waals surface area contributed by atoms with Crippen molar-refractivity contribution in [1.82, 2.24) is 19.9 Å². The Balaban J connectivity index is 1.58. The Morgan fingerprint density at radius 3 is 2.72 bits per heavy atom. The number of halogens is 2. The van der Waals surface area contributed by atoms with Gasteiger partial charge in [0.05, 0.1) is 17.8 Å². The zero-order chi connectivity index (χ0) is 22.7. The van der Waals surface area contributed by atoms with E-state index in [0.717, 1.165) is 18.1 Å². The first-order valence-corrected chi connectivity index (χ1v) is 9.71. The van der Waals surface area contributed by atoms with Gasteiger partial charge in [-0.15, -0.1) is 5.10 Å². The van der Waals surface area contributed by atoms with Crippen LogP contribution in [-0.4, -0.2) is 33.0 Å². The molecule has 4 rings (SSSR count). The first-order chi connectivity index (χ1) is 15.3. The van der Waals surface area contributed by atoms with Crippen molar-refractivity contribution in [2.24, 2.45) is 0 Å². The van der Waals surface area contributed by atoms with Gasteiger partial charge in [0.2, 0.25) is 5.95 Å². The molecule has 0 spiro atoms. The molecule has 0 aliphatic heterocycles. The first kappa shape index (κ1) is 20.9. The fraction of sp³-hybridized carbons (Fsp3) is 0.130. The number of pyridine rings is 1. The van der Waals surface area contributed by atoms with Crippen molar-refractivity contribution in [2.45, 2.75) is 12.8 Å². The molecule has 0 fully saturated rings. The Bertz CT molecular complexity index is 1340. The van der Waals surface area contributed by atoms with Crippen molar-refractivity contribution in [2.75, 3.05) is 11.9 Å². The summed E-state index contributed by atoms with van der Waals surface area (Å²) < 4.78 is 27.6. The molecule has 160 valence electrons. The minimum absolute atomic E-state index is 0.279. The SMILES string of the molecule is CC(F)(F)CNC(=O)c1cccc(-c2ccc3nc(Nc4ccccc4C#N)nn3c2)c1. The highest BCUT2D eigenvalue weighted by Crippen LogP contribution is 2.23. The fourth-order valence-electron chi connectivity index (χ4n) is 3.09. The lowest BCUT2D eigenvalue weighted by atomic mass is 10.0. The molecule has 0 radical (unpaired) electrons. The third kappa shape index (κ3) is 4.70. The number of rotatable bonds is 6. The van der Waals surface area contributed by atoms with Crippen LogP contribution in [0.1, 0.15) is 22.8 Å². The summed E-state index contributed by atoms with van der Waals surface area (Å²) in [6.07, 6.45) is 1.75. The van der Waals surface area contributed by atoms with E-state index in [-0.39, 0.29) is 5.56 Å². The second-order valence-corrected chi connectivity index (χ2v) is 7.27. The average Bonchev–Trinajstić information content (AvgIpc) is 3.19. The van der Waals surface area contributed by atoms with E-state index in [1.54, 1.807) is 53.2 Å². The summed E-state index contributed by atoms with van der Waals surface area (Å²) in [5, 5.41) is 18.9. The van der Waals surface area contributed by atoms with Gasteiger partial charge in [0.1, 0.15) is 6.07 Å². The minimum atomic E-state index is -2.98. The summed E-state index contributed by atoms with van der Waals surface area (Å²) >= 11 is 0. The zero-order valence-corrected chi connectivity index (χ0v) is 17.0. The number of hydrogen-bond acceptors (Lipinski definition) is 5. The molecule has 32 heavy (non-hydrogen) atoms. The average molecular weight is 432 g/mol. The molecule has 0 saturated heterocycles. The highest BCUT2D eigenvalue weighted by molar-refractivity contribution is 5.95. The second-order valence-electron chi connectivity index (χ2n) is 7.27. The van der Waals surface area contributed by atoms with Crippen LogP contribution in [0.15, 0.2) is 66.9 Å². The van der Waals surface area contributed by atoms with Gasteiger partial charge in [0.25, 0.3) is 11.8 Å². The Morgan fingerprint density at radius 2 is 1.94 bits per heavy atom. The van der Waals surface area contributed by atoms with E-state index in [9.17, 15) is 18.8 Å². The number of nitriles is 1. The minimum Gasteiger partial charge on any atom is -0.346 e. The van der Waals surface area contributed by atoms with Crippen LogP contribution in [0, 0.1) is 11.3 Å². The molecule has 7 nitrogen and oxygen atoms in total. The molecule has 0 atom stereocenters. The maximum absolute atomic E-state index is 13.0. The molecular weight excluding hydrogens is 414 g/mol. The number of nitrogens with one attached hydrogen (secondary N) is 2. The van der Waals surface area contributed by atoms with Crippen molar-refractivity contribution in [3.05, 3.63) is 78.0 Å². The smallest absolute Gasteiger partial charge is 0.262 e.